The number of nitrogens with zero attached hydrogens (tertiary/aromatic N) is 1. The third kappa shape index (κ3) is 3.42. The number of nitrogens with one attached hydrogen (secondary N) is 1. The summed E-state index contributed by atoms with van der Waals surface area (Å²) in [5, 5.41) is 3.35. The first kappa shape index (κ1) is 11.8. The number of aromatic nitrogens is 1. The molecule has 3 heteroatoms. The average Bonchev–Trinajstić information content (AvgIpc) is 2.14. The van der Waals surface area contributed by atoms with Gasteiger partial charge < -0.3 is 11.1 Å². The van der Waals surface area contributed by atoms with Gasteiger partial charge in [0.15, 0.2) is 0 Å². The Balaban J connectivity index is 2.55. The van der Waals surface area contributed by atoms with Crippen LogP contribution in [0.15, 0.2) is 18.5 Å². The van der Waals surface area contributed by atoms with Crippen LogP contribution in [-0.2, 0) is 0 Å². The smallest absolute Gasteiger partial charge is 0.0736 e. The second-order valence-electron chi connectivity index (χ2n) is 5.11. The summed E-state index contributed by atoms with van der Waals surface area (Å²) in [5.41, 5.74) is 7.79. The Bertz CT molecular complexity index is 315. The van der Waals surface area contributed by atoms with Crippen molar-refractivity contribution in [1.29, 1.82) is 0 Å². The minimum Gasteiger partial charge on any atom is -0.396 e. The molecule has 0 fully saturated rings. The molecule has 15 heavy (non-hydrogen) atoms. The number of pyridine rings is 1. The summed E-state index contributed by atoms with van der Waals surface area (Å²) in [6.07, 6.45) is 3.42. The van der Waals surface area contributed by atoms with Gasteiger partial charge in [-0.25, -0.2) is 0 Å². The number of hydrogen-bond donors (Lipinski definition) is 2. The van der Waals surface area contributed by atoms with Gasteiger partial charge in [0.05, 0.1) is 17.6 Å². The molecule has 1 aromatic rings. The average molecular weight is 207 g/mol. The van der Waals surface area contributed by atoms with Crippen molar-refractivity contribution in [2.75, 3.05) is 17.6 Å². The fourth-order valence-corrected chi connectivity index (χ4v) is 1.14. The predicted molar refractivity (Wildman–Crippen MR) is 65.8 cm³/mol. The topological polar surface area (TPSA) is 50.9 Å². The molecule has 3 N–H and O–H groups in total. The maximum atomic E-state index is 5.79. The highest BCUT2D eigenvalue weighted by molar-refractivity contribution is 5.64. The van der Waals surface area contributed by atoms with Crippen LogP contribution < -0.4 is 11.1 Å². The van der Waals surface area contributed by atoms with E-state index in [9.17, 15) is 0 Å². The van der Waals surface area contributed by atoms with Gasteiger partial charge in [-0.3, -0.25) is 4.98 Å². The highest BCUT2D eigenvalue weighted by atomic mass is 14.9. The van der Waals surface area contributed by atoms with E-state index in [0.29, 0.717) is 17.0 Å². The van der Waals surface area contributed by atoms with Gasteiger partial charge in [0.1, 0.15) is 0 Å². The van der Waals surface area contributed by atoms with E-state index in [2.05, 4.69) is 38.0 Å². The van der Waals surface area contributed by atoms with Crippen LogP contribution in [0.2, 0.25) is 0 Å². The van der Waals surface area contributed by atoms with Gasteiger partial charge in [0.25, 0.3) is 0 Å². The molecule has 0 bridgehead atoms. The van der Waals surface area contributed by atoms with Crippen LogP contribution >= 0.6 is 0 Å². The summed E-state index contributed by atoms with van der Waals surface area (Å²) in [7, 11) is 0. The minimum absolute atomic E-state index is 0.314. The zero-order valence-corrected chi connectivity index (χ0v) is 10.0. The predicted octanol–water partition coefficient (Wildman–Crippen LogP) is 2.76. The van der Waals surface area contributed by atoms with Gasteiger partial charge in [-0.05, 0) is 17.4 Å². The quantitative estimate of drug-likeness (QED) is 0.801. The van der Waals surface area contributed by atoms with E-state index in [4.69, 9.17) is 5.73 Å². The number of rotatable bonds is 3. The highest BCUT2D eigenvalue weighted by Crippen LogP contribution is 2.26. The van der Waals surface area contributed by atoms with Crippen molar-refractivity contribution in [3.05, 3.63) is 18.5 Å². The van der Waals surface area contributed by atoms with Crippen molar-refractivity contribution in [3.63, 3.8) is 0 Å². The Kier molecular flexibility index (Phi) is 3.56. The number of nitrogen functional groups attached to an aromatic ring is 1. The van der Waals surface area contributed by atoms with Crippen LogP contribution in [0, 0.1) is 11.3 Å². The summed E-state index contributed by atoms with van der Waals surface area (Å²) in [6, 6.07) is 1.91. The minimum atomic E-state index is 0.314. The van der Waals surface area contributed by atoms with Crippen molar-refractivity contribution >= 4 is 11.4 Å². The van der Waals surface area contributed by atoms with Crippen molar-refractivity contribution in [2.24, 2.45) is 11.3 Å². The molecule has 1 unspecified atom stereocenters. The first-order chi connectivity index (χ1) is 6.91. The summed E-state index contributed by atoms with van der Waals surface area (Å²) < 4.78 is 0. The fourth-order valence-electron chi connectivity index (χ4n) is 1.14. The van der Waals surface area contributed by atoms with E-state index in [1.54, 1.807) is 12.4 Å². The highest BCUT2D eigenvalue weighted by Gasteiger charge is 2.19. The summed E-state index contributed by atoms with van der Waals surface area (Å²) in [4.78, 5) is 3.96. The lowest BCUT2D eigenvalue weighted by atomic mass is 9.82. The van der Waals surface area contributed by atoms with E-state index in [1.165, 1.54) is 0 Å². The molecule has 0 aliphatic carbocycles. The molecule has 0 aromatic carbocycles. The molecule has 0 amide bonds. The third-order valence-electron chi connectivity index (χ3n) is 2.93. The summed E-state index contributed by atoms with van der Waals surface area (Å²) in [6.45, 7) is 9.90. The summed E-state index contributed by atoms with van der Waals surface area (Å²) in [5.74, 6) is 0.588. The number of hydrogen-bond acceptors (Lipinski definition) is 3. The van der Waals surface area contributed by atoms with E-state index in [-0.39, 0.29) is 0 Å². The second-order valence-corrected chi connectivity index (χ2v) is 5.11. The van der Waals surface area contributed by atoms with Crippen LogP contribution in [0.1, 0.15) is 27.7 Å². The van der Waals surface area contributed by atoms with E-state index in [1.807, 2.05) is 6.07 Å². The molecule has 84 valence electrons. The van der Waals surface area contributed by atoms with Gasteiger partial charge >= 0.3 is 0 Å². The second kappa shape index (κ2) is 4.51. The molecule has 0 aliphatic heterocycles. The van der Waals surface area contributed by atoms with Crippen molar-refractivity contribution in [1.82, 2.24) is 4.98 Å². The maximum Gasteiger partial charge on any atom is 0.0736 e. The van der Waals surface area contributed by atoms with E-state index in [0.717, 1.165) is 12.2 Å². The Labute approximate surface area is 92.1 Å². The molecule has 1 atom stereocenters. The molecule has 0 spiro atoms. The molecular weight excluding hydrogens is 186 g/mol. The van der Waals surface area contributed by atoms with Crippen LogP contribution in [0.3, 0.4) is 0 Å². The van der Waals surface area contributed by atoms with E-state index < -0.39 is 0 Å². The zero-order valence-electron chi connectivity index (χ0n) is 10.0. The molecule has 1 rings (SSSR count). The SMILES string of the molecule is CC(CNc1ccncc1N)C(C)(C)C. The van der Waals surface area contributed by atoms with Crippen molar-refractivity contribution < 1.29 is 0 Å². The standard InChI is InChI=1S/C12H21N3/c1-9(12(2,3)4)7-15-11-5-6-14-8-10(11)13/h5-6,8-9H,7,13H2,1-4H3,(H,14,15). The van der Waals surface area contributed by atoms with E-state index >= 15 is 0 Å². The molecule has 0 radical (unpaired) electrons. The first-order valence-electron chi connectivity index (χ1n) is 5.34. The number of nitrogens with two attached hydrogens (primary N) is 1. The Morgan fingerprint density at radius 2 is 2.13 bits per heavy atom. The lowest BCUT2D eigenvalue weighted by molar-refractivity contribution is 0.274. The largest absolute Gasteiger partial charge is 0.396 e. The van der Waals surface area contributed by atoms with Crippen LogP contribution in [0.4, 0.5) is 11.4 Å². The number of anilines is 2. The molecule has 0 saturated heterocycles. The zero-order chi connectivity index (χ0) is 11.5. The fraction of sp³-hybridized carbons (Fsp3) is 0.583. The van der Waals surface area contributed by atoms with Gasteiger partial charge in [-0.15, -0.1) is 0 Å². The Hall–Kier alpha value is -1.25. The maximum absolute atomic E-state index is 5.79. The molecule has 1 aromatic heterocycles. The molecule has 3 nitrogen and oxygen atoms in total. The van der Waals surface area contributed by atoms with Gasteiger partial charge in [0.2, 0.25) is 0 Å². The molecular formula is C12H21N3. The van der Waals surface area contributed by atoms with Crippen LogP contribution in [-0.4, -0.2) is 11.5 Å². The normalized spacial score (nSPS) is 13.6. The Morgan fingerprint density at radius 3 is 2.67 bits per heavy atom. The molecule has 0 saturated carbocycles. The van der Waals surface area contributed by atoms with Crippen molar-refractivity contribution in [3.8, 4) is 0 Å². The van der Waals surface area contributed by atoms with Gasteiger partial charge in [-0.2, -0.15) is 0 Å². The van der Waals surface area contributed by atoms with Crippen LogP contribution in [0.5, 0.6) is 0 Å². The first-order valence-corrected chi connectivity index (χ1v) is 5.34. The van der Waals surface area contributed by atoms with Gasteiger partial charge in [-0.1, -0.05) is 27.7 Å². The monoisotopic (exact) mass is 207 g/mol. The molecule has 0 aliphatic rings. The van der Waals surface area contributed by atoms with Crippen molar-refractivity contribution in [2.45, 2.75) is 27.7 Å². The lowest BCUT2D eigenvalue weighted by Gasteiger charge is -2.27. The summed E-state index contributed by atoms with van der Waals surface area (Å²) >= 11 is 0. The Morgan fingerprint density at radius 1 is 1.47 bits per heavy atom. The van der Waals surface area contributed by atoms with Crippen LogP contribution in [0.25, 0.3) is 0 Å². The third-order valence-corrected chi connectivity index (χ3v) is 2.93. The van der Waals surface area contributed by atoms with Gasteiger partial charge in [0, 0.05) is 12.7 Å². The molecule has 1 heterocycles. The lowest BCUT2D eigenvalue weighted by Crippen LogP contribution is -2.25.